The second-order valence-corrected chi connectivity index (χ2v) is 4.51. The zero-order chi connectivity index (χ0) is 14.7. The fraction of sp³-hybridized carbons (Fsp3) is 0.214. The Hall–Kier alpha value is -2.54. The van der Waals surface area contributed by atoms with Gasteiger partial charge in [0, 0.05) is 13.1 Å². The number of aliphatic hydroxyl groups excluding tert-OH is 1. The molecule has 0 amide bonds. The average Bonchev–Trinajstić information content (AvgIpc) is 2.89. The molecule has 0 atom stereocenters. The summed E-state index contributed by atoms with van der Waals surface area (Å²) in [5.74, 6) is 0.345. The third-order valence-electron chi connectivity index (χ3n) is 3.08. The molecule has 7 heteroatoms. The van der Waals surface area contributed by atoms with Crippen LogP contribution in [0.3, 0.4) is 0 Å². The molecule has 1 aromatic carbocycles. The van der Waals surface area contributed by atoms with Crippen molar-refractivity contribution in [1.29, 1.82) is 0 Å². The van der Waals surface area contributed by atoms with Crippen LogP contribution in [0.4, 0.5) is 10.2 Å². The van der Waals surface area contributed by atoms with E-state index >= 15 is 0 Å². The fourth-order valence-electron chi connectivity index (χ4n) is 2.09. The highest BCUT2D eigenvalue weighted by Crippen LogP contribution is 2.19. The lowest BCUT2D eigenvalue weighted by Gasteiger charge is -2.07. The molecule has 0 aliphatic rings. The molecule has 2 N–H and O–H groups in total. The molecule has 2 heterocycles. The van der Waals surface area contributed by atoms with Gasteiger partial charge in [-0.1, -0.05) is 30.3 Å². The smallest absolute Gasteiger partial charge is 0.312 e. The maximum atomic E-state index is 13.6. The minimum absolute atomic E-state index is 0.0656. The highest BCUT2D eigenvalue weighted by Gasteiger charge is 2.12. The van der Waals surface area contributed by atoms with Crippen molar-refractivity contribution in [3.8, 4) is 0 Å². The van der Waals surface area contributed by atoms with Gasteiger partial charge in [0.2, 0.25) is 0 Å². The topological polar surface area (TPSA) is 75.9 Å². The Labute approximate surface area is 120 Å². The van der Waals surface area contributed by atoms with Gasteiger partial charge in [-0.25, -0.2) is 4.98 Å². The number of fused-ring (bicyclic) bond motifs is 1. The summed E-state index contributed by atoms with van der Waals surface area (Å²) in [6, 6.07) is 9.73. The van der Waals surface area contributed by atoms with Gasteiger partial charge >= 0.3 is 6.08 Å². The van der Waals surface area contributed by atoms with Crippen molar-refractivity contribution in [3.63, 3.8) is 0 Å². The fourth-order valence-corrected chi connectivity index (χ4v) is 2.09. The molecule has 0 aliphatic heterocycles. The maximum absolute atomic E-state index is 13.6. The average molecular weight is 287 g/mol. The van der Waals surface area contributed by atoms with E-state index < -0.39 is 6.08 Å². The van der Waals surface area contributed by atoms with E-state index in [1.165, 1.54) is 6.33 Å². The van der Waals surface area contributed by atoms with Crippen molar-refractivity contribution in [2.45, 2.75) is 13.1 Å². The van der Waals surface area contributed by atoms with Crippen molar-refractivity contribution in [2.75, 3.05) is 11.9 Å². The molecule has 0 saturated heterocycles. The van der Waals surface area contributed by atoms with Gasteiger partial charge in [-0.2, -0.15) is 14.4 Å². The van der Waals surface area contributed by atoms with E-state index in [9.17, 15) is 4.39 Å². The van der Waals surface area contributed by atoms with Crippen LogP contribution in [-0.4, -0.2) is 31.2 Å². The minimum Gasteiger partial charge on any atom is -0.395 e. The first kappa shape index (κ1) is 13.4. The predicted molar refractivity (Wildman–Crippen MR) is 76.1 cm³/mol. The van der Waals surface area contributed by atoms with Crippen molar-refractivity contribution >= 4 is 17.0 Å². The number of anilines is 1. The van der Waals surface area contributed by atoms with Gasteiger partial charge in [0.05, 0.1) is 12.9 Å². The first-order valence-corrected chi connectivity index (χ1v) is 6.55. The number of hydrogen-bond donors (Lipinski definition) is 2. The molecule has 2 aromatic heterocycles. The molecule has 6 nitrogen and oxygen atoms in total. The van der Waals surface area contributed by atoms with Crippen molar-refractivity contribution in [3.05, 3.63) is 48.3 Å². The number of imidazole rings is 1. The first-order valence-electron chi connectivity index (χ1n) is 6.55. The Morgan fingerprint density at radius 2 is 2.00 bits per heavy atom. The zero-order valence-corrected chi connectivity index (χ0v) is 11.2. The lowest BCUT2D eigenvalue weighted by atomic mass is 10.2. The highest BCUT2D eigenvalue weighted by atomic mass is 19.1. The molecular formula is C14H14FN5O. The zero-order valence-electron chi connectivity index (χ0n) is 11.2. The van der Waals surface area contributed by atoms with Crippen molar-refractivity contribution in [2.24, 2.45) is 0 Å². The van der Waals surface area contributed by atoms with Crippen LogP contribution in [0.25, 0.3) is 11.2 Å². The predicted octanol–water partition coefficient (Wildman–Crippen LogP) is 1.57. The Balaban J connectivity index is 1.91. The number of rotatable bonds is 5. The number of benzene rings is 1. The molecule has 3 aromatic rings. The van der Waals surface area contributed by atoms with E-state index in [-0.39, 0.29) is 6.61 Å². The van der Waals surface area contributed by atoms with Crippen molar-refractivity contribution in [1.82, 2.24) is 19.5 Å². The molecule has 0 radical (unpaired) electrons. The SMILES string of the molecule is OCCn1cnc2c(NCc3ccccc3)nc(F)nc21. The van der Waals surface area contributed by atoms with E-state index in [4.69, 9.17) is 5.11 Å². The molecule has 0 unspecified atom stereocenters. The monoisotopic (exact) mass is 287 g/mol. The molecule has 3 rings (SSSR count). The molecular weight excluding hydrogens is 273 g/mol. The maximum Gasteiger partial charge on any atom is 0.312 e. The molecule has 0 spiro atoms. The van der Waals surface area contributed by atoms with E-state index in [0.29, 0.717) is 30.1 Å². The summed E-state index contributed by atoms with van der Waals surface area (Å²) in [6.07, 6.45) is 0.695. The second kappa shape index (κ2) is 5.84. The Morgan fingerprint density at radius 1 is 1.19 bits per heavy atom. The van der Waals surface area contributed by atoms with Gasteiger partial charge < -0.3 is 15.0 Å². The third kappa shape index (κ3) is 2.82. The first-order chi connectivity index (χ1) is 10.3. The largest absolute Gasteiger partial charge is 0.395 e. The van der Waals surface area contributed by atoms with Gasteiger partial charge in [-0.15, -0.1) is 0 Å². The van der Waals surface area contributed by atoms with E-state index in [1.807, 2.05) is 30.3 Å². The van der Waals surface area contributed by atoms with Crippen LogP contribution in [0.5, 0.6) is 0 Å². The minimum atomic E-state index is -0.822. The molecule has 0 fully saturated rings. The number of halogens is 1. The van der Waals surface area contributed by atoms with Crippen LogP contribution in [0.1, 0.15) is 5.56 Å². The quantitative estimate of drug-likeness (QED) is 0.697. The summed E-state index contributed by atoms with van der Waals surface area (Å²) in [6.45, 7) is 0.758. The van der Waals surface area contributed by atoms with Crippen LogP contribution < -0.4 is 5.32 Å². The number of nitrogens with one attached hydrogen (secondary N) is 1. The lowest BCUT2D eigenvalue weighted by molar-refractivity contribution is 0.277. The molecule has 108 valence electrons. The summed E-state index contributed by atoms with van der Waals surface area (Å²) in [4.78, 5) is 11.7. The highest BCUT2D eigenvalue weighted by molar-refractivity contribution is 5.82. The number of nitrogens with zero attached hydrogens (tertiary/aromatic N) is 4. The third-order valence-corrected chi connectivity index (χ3v) is 3.08. The number of hydrogen-bond acceptors (Lipinski definition) is 5. The number of aromatic nitrogens is 4. The number of aliphatic hydroxyl groups is 1. The summed E-state index contributed by atoms with van der Waals surface area (Å²) in [5, 5.41) is 12.1. The normalized spacial score (nSPS) is 11.0. The summed E-state index contributed by atoms with van der Waals surface area (Å²) in [5.41, 5.74) is 1.91. The Bertz CT molecular complexity index is 744. The standard InChI is InChI=1S/C14H14FN5O/c15-14-18-12(16-8-10-4-2-1-3-5-10)11-13(19-14)20(6-7-21)9-17-11/h1-5,9,21H,6-8H2,(H,16,18,19). The van der Waals surface area contributed by atoms with Crippen LogP contribution in [0.2, 0.25) is 0 Å². The van der Waals surface area contributed by atoms with Crippen LogP contribution in [0, 0.1) is 6.08 Å². The molecule has 0 saturated carbocycles. The summed E-state index contributed by atoms with van der Waals surface area (Å²) >= 11 is 0. The second-order valence-electron chi connectivity index (χ2n) is 4.51. The Kier molecular flexibility index (Phi) is 3.74. The van der Waals surface area contributed by atoms with Gasteiger partial charge in [-0.05, 0) is 5.56 Å². The Morgan fingerprint density at radius 3 is 2.76 bits per heavy atom. The van der Waals surface area contributed by atoms with Crippen molar-refractivity contribution < 1.29 is 9.50 Å². The van der Waals surface area contributed by atoms with Gasteiger partial charge in [0.15, 0.2) is 17.0 Å². The van der Waals surface area contributed by atoms with Crippen LogP contribution in [-0.2, 0) is 13.1 Å². The van der Waals surface area contributed by atoms with E-state index in [0.717, 1.165) is 5.56 Å². The van der Waals surface area contributed by atoms with Crippen LogP contribution in [0.15, 0.2) is 36.7 Å². The van der Waals surface area contributed by atoms with Crippen LogP contribution >= 0.6 is 0 Å². The van der Waals surface area contributed by atoms with Gasteiger partial charge in [-0.3, -0.25) is 0 Å². The lowest BCUT2D eigenvalue weighted by Crippen LogP contribution is -2.06. The van der Waals surface area contributed by atoms with E-state index in [1.54, 1.807) is 4.57 Å². The van der Waals surface area contributed by atoms with E-state index in [2.05, 4.69) is 20.3 Å². The molecule has 0 bridgehead atoms. The summed E-state index contributed by atoms with van der Waals surface area (Å²) in [7, 11) is 0. The summed E-state index contributed by atoms with van der Waals surface area (Å²) < 4.78 is 15.1. The molecule has 0 aliphatic carbocycles. The van der Waals surface area contributed by atoms with Gasteiger partial charge in [0.25, 0.3) is 0 Å². The molecule has 21 heavy (non-hydrogen) atoms. The van der Waals surface area contributed by atoms with Gasteiger partial charge in [0.1, 0.15) is 0 Å².